The molecule has 4 rings (SSSR count). The summed E-state index contributed by atoms with van der Waals surface area (Å²) in [6.07, 6.45) is 0.783. The first-order valence-corrected chi connectivity index (χ1v) is 8.99. The van der Waals surface area contributed by atoms with Crippen LogP contribution in [0.25, 0.3) is 0 Å². The third kappa shape index (κ3) is 3.23. The molecule has 0 atom stereocenters. The van der Waals surface area contributed by atoms with Gasteiger partial charge in [-0.1, -0.05) is 20.8 Å². The molecule has 140 valence electrons. The van der Waals surface area contributed by atoms with Crippen LogP contribution in [0.5, 0.6) is 11.5 Å². The number of fused-ring (bicyclic) bond motifs is 2. The number of nitrogens with zero attached hydrogens (tertiary/aromatic N) is 1. The number of carbonyl (C=O) groups is 2. The Kier molecular flexibility index (Phi) is 4.06. The number of rotatable bonds is 2. The molecule has 0 saturated carbocycles. The van der Waals surface area contributed by atoms with E-state index in [-0.39, 0.29) is 18.6 Å². The van der Waals surface area contributed by atoms with Crippen molar-refractivity contribution in [2.24, 2.45) is 5.41 Å². The first-order chi connectivity index (χ1) is 12.8. The van der Waals surface area contributed by atoms with Gasteiger partial charge in [-0.15, -0.1) is 0 Å². The molecular weight excluding hydrogens is 344 g/mol. The number of carbonyl (C=O) groups excluding carboxylic acids is 2. The van der Waals surface area contributed by atoms with Gasteiger partial charge < -0.3 is 19.7 Å². The van der Waals surface area contributed by atoms with Gasteiger partial charge in [0.05, 0.1) is 0 Å². The highest BCUT2D eigenvalue weighted by molar-refractivity contribution is 6.05. The maximum atomic E-state index is 12.6. The van der Waals surface area contributed by atoms with Crippen LogP contribution in [0.1, 0.15) is 36.7 Å². The van der Waals surface area contributed by atoms with Crippen molar-refractivity contribution in [3.63, 3.8) is 0 Å². The van der Waals surface area contributed by atoms with Crippen LogP contribution in [0.3, 0.4) is 0 Å². The van der Waals surface area contributed by atoms with Crippen LogP contribution in [0.15, 0.2) is 36.4 Å². The zero-order valence-electron chi connectivity index (χ0n) is 15.7. The van der Waals surface area contributed by atoms with Crippen LogP contribution in [-0.4, -0.2) is 25.2 Å². The van der Waals surface area contributed by atoms with Crippen LogP contribution < -0.4 is 19.7 Å². The van der Waals surface area contributed by atoms with Gasteiger partial charge in [-0.05, 0) is 48.4 Å². The number of hydrogen-bond donors (Lipinski definition) is 1. The van der Waals surface area contributed by atoms with Gasteiger partial charge in [0, 0.05) is 28.9 Å². The van der Waals surface area contributed by atoms with E-state index in [4.69, 9.17) is 9.47 Å². The molecule has 1 N–H and O–H groups in total. The summed E-state index contributed by atoms with van der Waals surface area (Å²) in [6.45, 7) is 6.62. The Morgan fingerprint density at radius 2 is 1.81 bits per heavy atom. The van der Waals surface area contributed by atoms with E-state index in [0.29, 0.717) is 29.3 Å². The van der Waals surface area contributed by atoms with Crippen LogP contribution in [-0.2, 0) is 11.2 Å². The molecule has 6 nitrogen and oxygen atoms in total. The van der Waals surface area contributed by atoms with Gasteiger partial charge in [0.25, 0.3) is 5.91 Å². The smallest absolute Gasteiger partial charge is 0.255 e. The molecular formula is C21H22N2O4. The number of amides is 2. The molecule has 0 spiro atoms. The highest BCUT2D eigenvalue weighted by atomic mass is 16.7. The lowest BCUT2D eigenvalue weighted by Crippen LogP contribution is -2.38. The number of benzene rings is 2. The lowest BCUT2D eigenvalue weighted by atomic mass is 9.94. The predicted molar refractivity (Wildman–Crippen MR) is 102 cm³/mol. The Balaban J connectivity index is 1.52. The van der Waals surface area contributed by atoms with E-state index in [1.165, 1.54) is 0 Å². The lowest BCUT2D eigenvalue weighted by molar-refractivity contribution is -0.125. The van der Waals surface area contributed by atoms with Gasteiger partial charge in [0.15, 0.2) is 11.5 Å². The Labute approximate surface area is 158 Å². The summed E-state index contributed by atoms with van der Waals surface area (Å²) in [6, 6.07) is 10.8. The minimum absolute atomic E-state index is 0.110. The highest BCUT2D eigenvalue weighted by Crippen LogP contribution is 2.35. The average molecular weight is 366 g/mol. The summed E-state index contributed by atoms with van der Waals surface area (Å²) >= 11 is 0. The summed E-state index contributed by atoms with van der Waals surface area (Å²) < 4.78 is 10.6. The number of anilines is 2. The zero-order chi connectivity index (χ0) is 19.2. The van der Waals surface area contributed by atoms with Crippen molar-refractivity contribution in [2.75, 3.05) is 23.6 Å². The Morgan fingerprint density at radius 1 is 1.04 bits per heavy atom. The highest BCUT2D eigenvalue weighted by Gasteiger charge is 2.32. The molecule has 2 aromatic carbocycles. The third-order valence-corrected chi connectivity index (χ3v) is 4.75. The van der Waals surface area contributed by atoms with E-state index >= 15 is 0 Å². The SMILES string of the molecule is CC(C)(C)C(=O)N1CCc2cc(NC(=O)c3ccc4c(c3)OCO4)ccc21. The first-order valence-electron chi connectivity index (χ1n) is 8.99. The summed E-state index contributed by atoms with van der Waals surface area (Å²) in [7, 11) is 0. The standard InChI is InChI=1S/C21H22N2O4/c1-21(2,3)20(25)23-9-8-13-10-15(5-6-16(13)23)22-19(24)14-4-7-17-18(11-14)27-12-26-17/h4-7,10-11H,8-9,12H2,1-3H3,(H,22,24). The van der Waals surface area contributed by atoms with Gasteiger partial charge in [-0.3, -0.25) is 9.59 Å². The molecule has 0 unspecified atom stereocenters. The van der Waals surface area contributed by atoms with E-state index in [9.17, 15) is 9.59 Å². The van der Waals surface area contributed by atoms with E-state index in [1.54, 1.807) is 18.2 Å². The first kappa shape index (κ1) is 17.4. The third-order valence-electron chi connectivity index (χ3n) is 4.75. The van der Waals surface area contributed by atoms with Crippen molar-refractivity contribution in [1.82, 2.24) is 0 Å². The topological polar surface area (TPSA) is 67.9 Å². The molecule has 0 radical (unpaired) electrons. The van der Waals surface area contributed by atoms with Crippen LogP contribution in [0.4, 0.5) is 11.4 Å². The molecule has 2 aromatic rings. The van der Waals surface area contributed by atoms with Crippen molar-refractivity contribution in [1.29, 1.82) is 0 Å². The Bertz CT molecular complexity index is 930. The Morgan fingerprint density at radius 3 is 2.59 bits per heavy atom. The van der Waals surface area contributed by atoms with E-state index in [2.05, 4.69) is 5.32 Å². The number of ether oxygens (including phenoxy) is 2. The van der Waals surface area contributed by atoms with Gasteiger partial charge >= 0.3 is 0 Å². The zero-order valence-corrected chi connectivity index (χ0v) is 15.7. The molecule has 0 aromatic heterocycles. The van der Waals surface area contributed by atoms with Gasteiger partial charge in [0.1, 0.15) is 0 Å². The monoisotopic (exact) mass is 366 g/mol. The van der Waals surface area contributed by atoms with E-state index in [1.807, 2.05) is 43.9 Å². The van der Waals surface area contributed by atoms with Crippen molar-refractivity contribution in [3.05, 3.63) is 47.5 Å². The second kappa shape index (κ2) is 6.30. The summed E-state index contributed by atoms with van der Waals surface area (Å²) in [4.78, 5) is 27.0. The maximum absolute atomic E-state index is 12.6. The molecule has 0 bridgehead atoms. The molecule has 2 aliphatic rings. The lowest BCUT2D eigenvalue weighted by Gasteiger charge is -2.26. The fourth-order valence-corrected chi connectivity index (χ4v) is 3.34. The van der Waals surface area contributed by atoms with Crippen molar-refractivity contribution >= 4 is 23.2 Å². The van der Waals surface area contributed by atoms with Crippen LogP contribution in [0.2, 0.25) is 0 Å². The van der Waals surface area contributed by atoms with E-state index < -0.39 is 5.41 Å². The maximum Gasteiger partial charge on any atom is 0.255 e. The summed E-state index contributed by atoms with van der Waals surface area (Å²) in [5, 5.41) is 2.91. The number of nitrogens with one attached hydrogen (secondary N) is 1. The number of hydrogen-bond acceptors (Lipinski definition) is 4. The summed E-state index contributed by atoms with van der Waals surface area (Å²) in [5.74, 6) is 1.12. The van der Waals surface area contributed by atoms with Gasteiger partial charge in [0.2, 0.25) is 12.7 Å². The minimum Gasteiger partial charge on any atom is -0.454 e. The summed E-state index contributed by atoms with van der Waals surface area (Å²) in [5.41, 5.74) is 2.78. The van der Waals surface area contributed by atoms with Crippen LogP contribution in [0, 0.1) is 5.41 Å². The van der Waals surface area contributed by atoms with Gasteiger partial charge in [-0.25, -0.2) is 0 Å². The minimum atomic E-state index is -0.423. The average Bonchev–Trinajstić information content (AvgIpc) is 3.25. The normalized spacial score (nSPS) is 14.9. The Hall–Kier alpha value is -3.02. The molecule has 2 heterocycles. The molecule has 0 saturated heterocycles. The van der Waals surface area contributed by atoms with Gasteiger partial charge in [-0.2, -0.15) is 0 Å². The van der Waals surface area contributed by atoms with Crippen molar-refractivity contribution < 1.29 is 19.1 Å². The quantitative estimate of drug-likeness (QED) is 0.882. The molecule has 27 heavy (non-hydrogen) atoms. The second-order valence-electron chi connectivity index (χ2n) is 7.82. The van der Waals surface area contributed by atoms with Crippen molar-refractivity contribution in [2.45, 2.75) is 27.2 Å². The predicted octanol–water partition coefficient (Wildman–Crippen LogP) is 3.60. The second-order valence-corrected chi connectivity index (χ2v) is 7.82. The molecule has 0 aliphatic carbocycles. The van der Waals surface area contributed by atoms with E-state index in [0.717, 1.165) is 17.7 Å². The molecule has 0 fully saturated rings. The molecule has 2 amide bonds. The van der Waals surface area contributed by atoms with Crippen LogP contribution >= 0.6 is 0 Å². The fourth-order valence-electron chi connectivity index (χ4n) is 3.34. The largest absolute Gasteiger partial charge is 0.454 e. The fraction of sp³-hybridized carbons (Fsp3) is 0.333. The molecule has 2 aliphatic heterocycles. The molecule has 6 heteroatoms. The van der Waals surface area contributed by atoms with Crippen molar-refractivity contribution in [3.8, 4) is 11.5 Å².